The molecule has 0 aliphatic rings. The van der Waals surface area contributed by atoms with Gasteiger partial charge in [-0.15, -0.1) is 0 Å². The van der Waals surface area contributed by atoms with Crippen LogP contribution in [0.25, 0.3) is 0 Å². The number of aromatic hydroxyl groups is 2. The number of nitrogens with one attached hydrogen (secondary N) is 1. The van der Waals surface area contributed by atoms with Crippen molar-refractivity contribution < 1.29 is 10.2 Å². The van der Waals surface area contributed by atoms with E-state index in [0.29, 0.717) is 24.6 Å². The largest absolute Gasteiger partial charge is 0.507 e. The number of hydrogen-bond donors (Lipinski definition) is 3. The van der Waals surface area contributed by atoms with E-state index in [4.69, 9.17) is 0 Å². The molecule has 0 aliphatic heterocycles. The maximum Gasteiger partial charge on any atom is 0.128 e. The first-order chi connectivity index (χ1) is 15.8. The smallest absolute Gasteiger partial charge is 0.128 e. The number of aryl methyl sites for hydroxylation is 2. The van der Waals surface area contributed by atoms with Gasteiger partial charge in [0.1, 0.15) is 11.5 Å². The molecule has 0 aliphatic carbocycles. The number of phenols is 2. The number of phenolic OH excluding ortho intramolecular Hbond substituents is 2. The average molecular weight is 466 g/mol. The van der Waals surface area contributed by atoms with E-state index >= 15 is 0 Å². The molecular formula is C29H43N3O2. The van der Waals surface area contributed by atoms with Gasteiger partial charge < -0.3 is 15.5 Å². The van der Waals surface area contributed by atoms with Crippen molar-refractivity contribution >= 4 is 12.4 Å². The minimum Gasteiger partial charge on any atom is -0.507 e. The van der Waals surface area contributed by atoms with Gasteiger partial charge in [-0.1, -0.05) is 53.7 Å². The minimum absolute atomic E-state index is 0.113. The first-order valence-corrected chi connectivity index (χ1v) is 12.2. The fourth-order valence-corrected chi connectivity index (χ4v) is 3.84. The molecule has 5 nitrogen and oxygen atoms in total. The third kappa shape index (κ3) is 7.98. The predicted octanol–water partition coefficient (Wildman–Crippen LogP) is 5.83. The molecule has 0 atom stereocenters. The molecule has 0 unspecified atom stereocenters. The van der Waals surface area contributed by atoms with Crippen molar-refractivity contribution in [2.24, 2.45) is 9.98 Å². The van der Waals surface area contributed by atoms with Gasteiger partial charge in [-0.05, 0) is 60.9 Å². The lowest BCUT2D eigenvalue weighted by Gasteiger charge is -2.22. The van der Waals surface area contributed by atoms with E-state index in [9.17, 15) is 10.2 Å². The summed E-state index contributed by atoms with van der Waals surface area (Å²) < 4.78 is 0. The third-order valence-electron chi connectivity index (χ3n) is 5.70. The maximum atomic E-state index is 10.6. The summed E-state index contributed by atoms with van der Waals surface area (Å²) in [6.45, 7) is 19.7. The zero-order chi connectivity index (χ0) is 25.5. The van der Waals surface area contributed by atoms with Gasteiger partial charge in [-0.2, -0.15) is 0 Å². The van der Waals surface area contributed by atoms with Gasteiger partial charge in [0.2, 0.25) is 0 Å². The Morgan fingerprint density at radius 1 is 0.706 bits per heavy atom. The van der Waals surface area contributed by atoms with Crippen LogP contribution in [0.15, 0.2) is 34.3 Å². The van der Waals surface area contributed by atoms with Crippen molar-refractivity contribution in [3.05, 3.63) is 57.6 Å². The lowest BCUT2D eigenvalue weighted by Crippen LogP contribution is -2.19. The predicted molar refractivity (Wildman–Crippen MR) is 145 cm³/mol. The van der Waals surface area contributed by atoms with Crippen molar-refractivity contribution in [2.75, 3.05) is 26.2 Å². The van der Waals surface area contributed by atoms with Crippen LogP contribution >= 0.6 is 0 Å². The zero-order valence-electron chi connectivity index (χ0n) is 22.3. The van der Waals surface area contributed by atoms with Crippen LogP contribution in [0, 0.1) is 13.8 Å². The van der Waals surface area contributed by atoms with Gasteiger partial charge >= 0.3 is 0 Å². The van der Waals surface area contributed by atoms with Gasteiger partial charge in [-0.3, -0.25) is 9.98 Å². The molecule has 2 rings (SSSR count). The molecule has 3 N–H and O–H groups in total. The number of nitrogens with zero attached hydrogens (tertiary/aromatic N) is 2. The molecule has 0 bridgehead atoms. The third-order valence-corrected chi connectivity index (χ3v) is 5.70. The van der Waals surface area contributed by atoms with Crippen LogP contribution in [-0.2, 0) is 10.8 Å². The number of rotatable bonds is 9. The Kier molecular flexibility index (Phi) is 9.45. The molecule has 0 radical (unpaired) electrons. The van der Waals surface area contributed by atoms with Crippen LogP contribution in [0.5, 0.6) is 11.5 Å². The number of benzene rings is 2. The summed E-state index contributed by atoms with van der Waals surface area (Å²) in [6, 6.07) is 8.03. The summed E-state index contributed by atoms with van der Waals surface area (Å²) >= 11 is 0. The van der Waals surface area contributed by atoms with E-state index in [1.807, 2.05) is 38.1 Å². The standard InChI is InChI=1S/C29H43N3O2/c1-20-14-22(26(33)24(16-20)28(3,4)5)18-31-11-9-10-30-12-13-32-19-23-15-21(2)17-25(27(23)34)29(6,7)8/h14-19,30,33-34H,9-13H2,1-8H3. The summed E-state index contributed by atoms with van der Waals surface area (Å²) in [7, 11) is 0. The van der Waals surface area contributed by atoms with E-state index in [1.54, 1.807) is 12.4 Å². The minimum atomic E-state index is -0.115. The lowest BCUT2D eigenvalue weighted by molar-refractivity contribution is 0.445. The van der Waals surface area contributed by atoms with Crippen LogP contribution < -0.4 is 5.32 Å². The highest BCUT2D eigenvalue weighted by Crippen LogP contribution is 2.34. The van der Waals surface area contributed by atoms with Crippen LogP contribution in [0.2, 0.25) is 0 Å². The molecular weight excluding hydrogens is 422 g/mol. The van der Waals surface area contributed by atoms with E-state index < -0.39 is 0 Å². The molecule has 0 aromatic heterocycles. The van der Waals surface area contributed by atoms with Crippen molar-refractivity contribution in [1.29, 1.82) is 0 Å². The molecule has 0 spiro atoms. The van der Waals surface area contributed by atoms with Crippen LogP contribution in [0.4, 0.5) is 0 Å². The quantitative estimate of drug-likeness (QED) is 0.322. The van der Waals surface area contributed by atoms with Crippen LogP contribution in [0.3, 0.4) is 0 Å². The summed E-state index contributed by atoms with van der Waals surface area (Å²) in [6.07, 6.45) is 4.46. The Morgan fingerprint density at radius 2 is 1.15 bits per heavy atom. The van der Waals surface area contributed by atoms with E-state index in [0.717, 1.165) is 52.9 Å². The Morgan fingerprint density at radius 3 is 1.59 bits per heavy atom. The van der Waals surface area contributed by atoms with Crippen molar-refractivity contribution in [3.63, 3.8) is 0 Å². The van der Waals surface area contributed by atoms with E-state index in [1.165, 1.54) is 0 Å². The topological polar surface area (TPSA) is 77.2 Å². The monoisotopic (exact) mass is 465 g/mol. The Bertz CT molecular complexity index is 942. The molecule has 34 heavy (non-hydrogen) atoms. The fourth-order valence-electron chi connectivity index (χ4n) is 3.84. The van der Waals surface area contributed by atoms with Gasteiger partial charge in [0.25, 0.3) is 0 Å². The summed E-state index contributed by atoms with van der Waals surface area (Å²) in [5.74, 6) is 0.647. The number of aliphatic imine (C=N–C) groups is 2. The zero-order valence-corrected chi connectivity index (χ0v) is 22.3. The highest BCUT2D eigenvalue weighted by molar-refractivity contribution is 5.85. The molecule has 0 fully saturated rings. The van der Waals surface area contributed by atoms with Crippen molar-refractivity contribution in [1.82, 2.24) is 5.32 Å². The van der Waals surface area contributed by atoms with E-state index in [2.05, 4.69) is 56.8 Å². The molecule has 0 heterocycles. The SMILES string of the molecule is Cc1cc(C=NCCCNCCN=Cc2cc(C)cc(C(C)(C)C)c2O)c(O)c(C(C)(C)C)c1. The molecule has 2 aromatic rings. The maximum absolute atomic E-state index is 10.6. The molecule has 0 saturated carbocycles. The lowest BCUT2D eigenvalue weighted by atomic mass is 9.84. The Hall–Kier alpha value is -2.66. The van der Waals surface area contributed by atoms with E-state index in [-0.39, 0.29) is 10.8 Å². The van der Waals surface area contributed by atoms with Gasteiger partial charge in [-0.25, -0.2) is 0 Å². The van der Waals surface area contributed by atoms with Crippen molar-refractivity contribution in [3.8, 4) is 11.5 Å². The first-order valence-electron chi connectivity index (χ1n) is 12.2. The second kappa shape index (κ2) is 11.7. The Balaban J connectivity index is 1.78. The molecule has 0 amide bonds. The summed E-state index contributed by atoms with van der Waals surface area (Å²) in [4.78, 5) is 8.99. The molecule has 0 saturated heterocycles. The van der Waals surface area contributed by atoms with Crippen molar-refractivity contribution in [2.45, 2.75) is 72.6 Å². The van der Waals surface area contributed by atoms with Gasteiger partial charge in [0.15, 0.2) is 0 Å². The van der Waals surface area contributed by atoms with Crippen LogP contribution in [0.1, 0.15) is 81.3 Å². The summed E-state index contributed by atoms with van der Waals surface area (Å²) in [5.41, 5.74) is 5.46. The first kappa shape index (κ1) is 27.6. The summed E-state index contributed by atoms with van der Waals surface area (Å²) in [5, 5.41) is 24.6. The second-order valence-corrected chi connectivity index (χ2v) is 11.2. The number of hydrogen-bond acceptors (Lipinski definition) is 5. The molecule has 186 valence electrons. The Labute approximate surface area is 206 Å². The van der Waals surface area contributed by atoms with Gasteiger partial charge in [0.05, 0.1) is 6.54 Å². The fraction of sp³-hybridized carbons (Fsp3) is 0.517. The highest BCUT2D eigenvalue weighted by Gasteiger charge is 2.21. The average Bonchev–Trinajstić information content (AvgIpc) is 2.71. The molecule has 5 heteroatoms. The van der Waals surface area contributed by atoms with Crippen LogP contribution in [-0.4, -0.2) is 48.8 Å². The molecule has 2 aromatic carbocycles. The highest BCUT2D eigenvalue weighted by atomic mass is 16.3. The second-order valence-electron chi connectivity index (χ2n) is 11.2. The normalized spacial score (nSPS) is 12.8. The van der Waals surface area contributed by atoms with Gasteiger partial charge in [0, 0.05) is 47.8 Å².